The Hall–Kier alpha value is -2.01. The molecule has 0 aliphatic rings. The van der Waals surface area contributed by atoms with E-state index in [1.54, 1.807) is 49.4 Å². The van der Waals surface area contributed by atoms with Crippen LogP contribution in [0.5, 0.6) is 11.5 Å². The zero-order valence-electron chi connectivity index (χ0n) is 10.6. The van der Waals surface area contributed by atoms with Gasteiger partial charge in [-0.1, -0.05) is 0 Å². The Labute approximate surface area is 106 Å². The lowest BCUT2D eigenvalue weighted by atomic mass is 10.1. The lowest BCUT2D eigenvalue weighted by Crippen LogP contribution is -2.04. The Morgan fingerprint density at radius 2 is 2.00 bits per heavy atom. The number of aliphatic hydroxyl groups excluding tert-OH is 1. The second-order valence-electron chi connectivity index (χ2n) is 3.92. The predicted molar refractivity (Wildman–Crippen MR) is 66.8 cm³/mol. The summed E-state index contributed by atoms with van der Waals surface area (Å²) in [7, 11) is 4.95. The third kappa shape index (κ3) is 2.31. The van der Waals surface area contributed by atoms with E-state index in [0.717, 1.165) is 0 Å². The van der Waals surface area contributed by atoms with Gasteiger partial charge in [0.25, 0.3) is 0 Å². The molecule has 0 aliphatic heterocycles. The Morgan fingerprint density at radius 3 is 2.56 bits per heavy atom. The molecule has 1 aromatic heterocycles. The average molecular weight is 248 g/mol. The molecule has 0 saturated heterocycles. The number of methoxy groups -OCH3 is 2. The fraction of sp³-hybridized carbons (Fsp3) is 0.308. The predicted octanol–water partition coefficient (Wildman–Crippen LogP) is 1.52. The van der Waals surface area contributed by atoms with Gasteiger partial charge in [-0.2, -0.15) is 5.10 Å². The molecule has 0 bridgehead atoms. The largest absolute Gasteiger partial charge is 0.497 e. The molecule has 1 heterocycles. The first-order valence-electron chi connectivity index (χ1n) is 5.55. The second kappa shape index (κ2) is 5.10. The number of hydrogen-bond acceptors (Lipinski definition) is 4. The van der Waals surface area contributed by atoms with Crippen LogP contribution < -0.4 is 9.47 Å². The third-order valence-electron chi connectivity index (χ3n) is 2.75. The van der Waals surface area contributed by atoms with Crippen molar-refractivity contribution in [3.05, 3.63) is 41.7 Å². The molecule has 18 heavy (non-hydrogen) atoms. The van der Waals surface area contributed by atoms with Gasteiger partial charge in [0.05, 0.1) is 19.9 Å². The molecule has 1 N–H and O–H groups in total. The first-order chi connectivity index (χ1) is 8.65. The van der Waals surface area contributed by atoms with Crippen molar-refractivity contribution in [2.75, 3.05) is 14.2 Å². The summed E-state index contributed by atoms with van der Waals surface area (Å²) in [6, 6.07) is 7.07. The molecule has 0 amide bonds. The van der Waals surface area contributed by atoms with E-state index in [1.165, 1.54) is 0 Å². The van der Waals surface area contributed by atoms with E-state index in [0.29, 0.717) is 22.8 Å². The number of aliphatic hydroxyl groups is 1. The van der Waals surface area contributed by atoms with Crippen molar-refractivity contribution in [2.24, 2.45) is 7.05 Å². The summed E-state index contributed by atoms with van der Waals surface area (Å²) in [5.74, 6) is 1.26. The highest BCUT2D eigenvalue weighted by molar-refractivity contribution is 5.44. The van der Waals surface area contributed by atoms with Gasteiger partial charge in [-0.25, -0.2) is 0 Å². The van der Waals surface area contributed by atoms with E-state index < -0.39 is 6.10 Å². The molecule has 1 aromatic carbocycles. The molecule has 0 radical (unpaired) electrons. The minimum Gasteiger partial charge on any atom is -0.497 e. The van der Waals surface area contributed by atoms with Gasteiger partial charge in [-0.05, 0) is 18.2 Å². The molecule has 0 saturated carbocycles. The van der Waals surface area contributed by atoms with Crippen LogP contribution in [0.15, 0.2) is 30.5 Å². The van der Waals surface area contributed by atoms with Crippen molar-refractivity contribution in [2.45, 2.75) is 6.10 Å². The topological polar surface area (TPSA) is 56.5 Å². The highest BCUT2D eigenvalue weighted by Crippen LogP contribution is 2.32. The molecule has 0 aliphatic carbocycles. The van der Waals surface area contributed by atoms with Crippen molar-refractivity contribution in [3.8, 4) is 11.5 Å². The van der Waals surface area contributed by atoms with Crippen LogP contribution in [0.1, 0.15) is 17.4 Å². The zero-order chi connectivity index (χ0) is 13.1. The van der Waals surface area contributed by atoms with Gasteiger partial charge in [0.2, 0.25) is 0 Å². The van der Waals surface area contributed by atoms with Crippen LogP contribution in [-0.4, -0.2) is 29.1 Å². The van der Waals surface area contributed by atoms with Crippen LogP contribution in [0.2, 0.25) is 0 Å². The molecular weight excluding hydrogens is 232 g/mol. The lowest BCUT2D eigenvalue weighted by molar-refractivity contribution is 0.208. The summed E-state index contributed by atoms with van der Waals surface area (Å²) in [6.45, 7) is 0. The van der Waals surface area contributed by atoms with Crippen LogP contribution in [0.4, 0.5) is 0 Å². The Bertz CT molecular complexity index is 537. The van der Waals surface area contributed by atoms with E-state index in [2.05, 4.69) is 5.10 Å². The quantitative estimate of drug-likeness (QED) is 0.891. The van der Waals surface area contributed by atoms with Crippen molar-refractivity contribution in [1.82, 2.24) is 9.78 Å². The van der Waals surface area contributed by atoms with Crippen molar-refractivity contribution in [3.63, 3.8) is 0 Å². The van der Waals surface area contributed by atoms with Gasteiger partial charge in [0.15, 0.2) is 0 Å². The van der Waals surface area contributed by atoms with Crippen molar-refractivity contribution >= 4 is 0 Å². The monoisotopic (exact) mass is 248 g/mol. The summed E-state index contributed by atoms with van der Waals surface area (Å²) in [6.07, 6.45) is 0.973. The third-order valence-corrected chi connectivity index (χ3v) is 2.75. The number of aryl methyl sites for hydroxylation is 1. The molecule has 5 heteroatoms. The normalized spacial score (nSPS) is 12.2. The number of aromatic nitrogens is 2. The van der Waals surface area contributed by atoms with Gasteiger partial charge in [0.1, 0.15) is 17.6 Å². The lowest BCUT2D eigenvalue weighted by Gasteiger charge is -2.14. The standard InChI is InChI=1S/C13H16N2O3/c1-15-7-6-11(14-15)13(16)10-5-4-9(17-2)8-12(10)18-3/h4-8,13,16H,1-3H3. The van der Waals surface area contributed by atoms with Crippen LogP contribution in [0.3, 0.4) is 0 Å². The minimum atomic E-state index is -0.813. The Kier molecular flexibility index (Phi) is 3.53. The molecule has 2 aromatic rings. The summed E-state index contributed by atoms with van der Waals surface area (Å²) < 4.78 is 12.0. The molecule has 0 fully saturated rings. The minimum absolute atomic E-state index is 0.576. The molecule has 0 spiro atoms. The molecule has 1 atom stereocenters. The maximum absolute atomic E-state index is 10.3. The Balaban J connectivity index is 2.38. The summed E-state index contributed by atoms with van der Waals surface area (Å²) >= 11 is 0. The summed E-state index contributed by atoms with van der Waals surface area (Å²) in [5.41, 5.74) is 1.25. The zero-order valence-corrected chi connectivity index (χ0v) is 10.6. The number of nitrogens with zero attached hydrogens (tertiary/aromatic N) is 2. The van der Waals surface area contributed by atoms with Gasteiger partial charge in [-0.15, -0.1) is 0 Å². The Morgan fingerprint density at radius 1 is 1.22 bits per heavy atom. The first-order valence-corrected chi connectivity index (χ1v) is 5.55. The SMILES string of the molecule is COc1ccc(C(O)c2ccn(C)n2)c(OC)c1. The van der Waals surface area contributed by atoms with Crippen LogP contribution in [0, 0.1) is 0 Å². The van der Waals surface area contributed by atoms with E-state index in [4.69, 9.17) is 9.47 Å². The number of rotatable bonds is 4. The fourth-order valence-corrected chi connectivity index (χ4v) is 1.78. The number of ether oxygens (including phenoxy) is 2. The fourth-order valence-electron chi connectivity index (χ4n) is 1.78. The maximum Gasteiger partial charge on any atom is 0.128 e. The van der Waals surface area contributed by atoms with Gasteiger partial charge in [-0.3, -0.25) is 4.68 Å². The van der Waals surface area contributed by atoms with Gasteiger partial charge < -0.3 is 14.6 Å². The summed E-state index contributed by atoms with van der Waals surface area (Å²) in [4.78, 5) is 0. The number of benzene rings is 1. The van der Waals surface area contributed by atoms with E-state index in [9.17, 15) is 5.11 Å². The van der Waals surface area contributed by atoms with Crippen LogP contribution in [-0.2, 0) is 7.05 Å². The average Bonchev–Trinajstić information content (AvgIpc) is 2.83. The first kappa shape index (κ1) is 12.4. The molecule has 5 nitrogen and oxygen atoms in total. The second-order valence-corrected chi connectivity index (χ2v) is 3.92. The highest BCUT2D eigenvalue weighted by Gasteiger charge is 2.18. The smallest absolute Gasteiger partial charge is 0.128 e. The number of hydrogen-bond donors (Lipinski definition) is 1. The van der Waals surface area contributed by atoms with Crippen LogP contribution >= 0.6 is 0 Å². The van der Waals surface area contributed by atoms with E-state index in [-0.39, 0.29) is 0 Å². The van der Waals surface area contributed by atoms with Crippen molar-refractivity contribution < 1.29 is 14.6 Å². The van der Waals surface area contributed by atoms with Crippen molar-refractivity contribution in [1.29, 1.82) is 0 Å². The van der Waals surface area contributed by atoms with Gasteiger partial charge >= 0.3 is 0 Å². The van der Waals surface area contributed by atoms with E-state index >= 15 is 0 Å². The highest BCUT2D eigenvalue weighted by atomic mass is 16.5. The summed E-state index contributed by atoms with van der Waals surface area (Å²) in [5, 5.41) is 14.5. The maximum atomic E-state index is 10.3. The molecule has 1 unspecified atom stereocenters. The molecule has 2 rings (SSSR count). The van der Waals surface area contributed by atoms with Crippen LogP contribution in [0.25, 0.3) is 0 Å². The molecule has 96 valence electrons. The van der Waals surface area contributed by atoms with Gasteiger partial charge in [0, 0.05) is 24.9 Å². The molecular formula is C13H16N2O3. The van der Waals surface area contributed by atoms with E-state index in [1.807, 2.05) is 7.05 Å².